The van der Waals surface area contributed by atoms with Crippen molar-refractivity contribution < 1.29 is 22.3 Å². The molecule has 1 aliphatic heterocycles. The molecule has 0 unspecified atom stereocenters. The number of imide groups is 1. The van der Waals surface area contributed by atoms with Crippen LogP contribution < -0.4 is 0 Å². The smallest absolute Gasteiger partial charge is 0.266 e. The molecule has 0 spiro atoms. The summed E-state index contributed by atoms with van der Waals surface area (Å²) in [4.78, 5) is 25.1. The van der Waals surface area contributed by atoms with Crippen LogP contribution in [-0.2, 0) is 20.8 Å². The molecule has 0 bridgehead atoms. The second-order valence-electron chi connectivity index (χ2n) is 5.79. The maximum absolute atomic E-state index is 12.5. The fraction of sp³-hybridized carbons (Fsp3) is 0.294. The number of hydrogen-bond acceptors (Lipinski definition) is 5. The van der Waals surface area contributed by atoms with Crippen molar-refractivity contribution in [3.63, 3.8) is 0 Å². The van der Waals surface area contributed by atoms with E-state index >= 15 is 0 Å². The van der Waals surface area contributed by atoms with Crippen molar-refractivity contribution in [2.45, 2.75) is 26.2 Å². The van der Waals surface area contributed by atoms with Gasteiger partial charge in [-0.25, -0.2) is 0 Å². The van der Waals surface area contributed by atoms with Crippen molar-refractivity contribution in [2.24, 2.45) is 0 Å². The minimum Gasteiger partial charge on any atom is -0.266 e. The first-order chi connectivity index (χ1) is 11.3. The zero-order valence-electron chi connectivity index (χ0n) is 13.4. The highest BCUT2D eigenvalue weighted by Gasteiger charge is 2.36. The van der Waals surface area contributed by atoms with E-state index in [1.807, 2.05) is 12.1 Å². The third kappa shape index (κ3) is 2.81. The van der Waals surface area contributed by atoms with E-state index in [4.69, 9.17) is 0 Å². The third-order valence-corrected chi connectivity index (χ3v) is 4.39. The van der Waals surface area contributed by atoms with Gasteiger partial charge in [0, 0.05) is 5.39 Å². The van der Waals surface area contributed by atoms with Gasteiger partial charge in [0.25, 0.3) is 21.9 Å². The average Bonchev–Trinajstić information content (AvgIpc) is 2.54. The van der Waals surface area contributed by atoms with E-state index in [9.17, 15) is 18.0 Å². The fourth-order valence-corrected chi connectivity index (χ4v) is 3.33. The number of carbonyl (C=O) groups is 2. The topological polar surface area (TPSA) is 80.8 Å². The lowest BCUT2D eigenvalue weighted by atomic mass is 9.90. The zero-order valence-corrected chi connectivity index (χ0v) is 14.2. The van der Waals surface area contributed by atoms with Crippen LogP contribution in [-0.4, -0.2) is 31.6 Å². The summed E-state index contributed by atoms with van der Waals surface area (Å²) in [5.74, 6) is -1.53. The Bertz CT molecular complexity index is 927. The first-order valence-corrected chi connectivity index (χ1v) is 9.48. The highest BCUT2D eigenvalue weighted by atomic mass is 32.2. The molecule has 2 aromatic carbocycles. The highest BCUT2D eigenvalue weighted by Crippen LogP contribution is 2.33. The Morgan fingerprint density at radius 2 is 1.71 bits per heavy atom. The van der Waals surface area contributed by atoms with E-state index in [0.29, 0.717) is 10.4 Å². The van der Waals surface area contributed by atoms with Gasteiger partial charge in [-0.1, -0.05) is 31.5 Å². The number of nitrogens with zero attached hydrogens (tertiary/aromatic N) is 1. The molecule has 1 aliphatic rings. The molecule has 0 atom stereocenters. The summed E-state index contributed by atoms with van der Waals surface area (Å²) in [7, 11) is -4.00. The lowest BCUT2D eigenvalue weighted by Gasteiger charge is -2.25. The number of hydrogen-bond donors (Lipinski definition) is 0. The van der Waals surface area contributed by atoms with Crippen molar-refractivity contribution in [3.8, 4) is 0 Å². The first-order valence-electron chi connectivity index (χ1n) is 7.66. The van der Waals surface area contributed by atoms with Crippen molar-refractivity contribution in [1.29, 1.82) is 0 Å². The van der Waals surface area contributed by atoms with Gasteiger partial charge in [-0.05, 0) is 35.9 Å². The number of unbranched alkanes of at least 4 members (excludes halogenated alkanes) is 1. The van der Waals surface area contributed by atoms with Crippen LogP contribution in [0.15, 0.2) is 30.3 Å². The predicted octanol–water partition coefficient (Wildman–Crippen LogP) is 2.67. The van der Waals surface area contributed by atoms with Crippen LogP contribution in [0.1, 0.15) is 46.0 Å². The van der Waals surface area contributed by atoms with Crippen LogP contribution in [0.3, 0.4) is 0 Å². The van der Waals surface area contributed by atoms with Gasteiger partial charge in [0.05, 0.1) is 17.4 Å². The molecule has 0 saturated heterocycles. The van der Waals surface area contributed by atoms with E-state index < -0.39 is 21.9 Å². The summed E-state index contributed by atoms with van der Waals surface area (Å²) in [6.07, 6.45) is 3.68. The van der Waals surface area contributed by atoms with Crippen LogP contribution in [0.2, 0.25) is 0 Å². The maximum atomic E-state index is 12.5. The Kier molecular flexibility index (Phi) is 4.15. The van der Waals surface area contributed by atoms with Gasteiger partial charge in [-0.15, -0.1) is 9.35 Å². The van der Waals surface area contributed by atoms with Crippen molar-refractivity contribution >= 4 is 32.7 Å². The normalized spacial score (nSPS) is 14.5. The quantitative estimate of drug-likeness (QED) is 0.777. The van der Waals surface area contributed by atoms with Crippen molar-refractivity contribution in [1.82, 2.24) is 5.06 Å². The molecule has 0 aliphatic carbocycles. The summed E-state index contributed by atoms with van der Waals surface area (Å²) in [6.45, 7) is 2.10. The molecule has 0 fully saturated rings. The summed E-state index contributed by atoms with van der Waals surface area (Å²) in [5.41, 5.74) is 1.60. The monoisotopic (exact) mass is 347 g/mol. The molecule has 2 aromatic rings. The SMILES string of the molecule is CCCCc1ccc2c3c(cccc13)C(=O)N(OS(C)(=O)=O)C2=O. The standard InChI is InChI=1S/C17H17NO5S/c1-3-4-6-11-9-10-14-15-12(11)7-5-8-13(15)16(19)18(17(14)20)23-24(2,21)22/h5,7-10H,3-4,6H2,1-2H3. The Balaban J connectivity index is 2.19. The Hall–Kier alpha value is -2.25. The molecule has 0 N–H and O–H groups in total. The molecule has 24 heavy (non-hydrogen) atoms. The van der Waals surface area contributed by atoms with Crippen LogP contribution in [0.25, 0.3) is 10.8 Å². The van der Waals surface area contributed by atoms with Gasteiger partial charge in [0.1, 0.15) is 0 Å². The summed E-state index contributed by atoms with van der Waals surface area (Å²) < 4.78 is 27.3. The number of carbonyl (C=O) groups excluding carboxylic acids is 2. The molecule has 0 saturated carbocycles. The molecule has 1 heterocycles. The van der Waals surface area contributed by atoms with Crippen LogP contribution in [0, 0.1) is 0 Å². The van der Waals surface area contributed by atoms with Gasteiger partial charge < -0.3 is 0 Å². The number of rotatable bonds is 5. The minimum atomic E-state index is -4.00. The Labute approximate surface area is 140 Å². The summed E-state index contributed by atoms with van der Waals surface area (Å²) >= 11 is 0. The number of hydroxylamine groups is 2. The van der Waals surface area contributed by atoms with E-state index in [0.717, 1.165) is 36.5 Å². The Morgan fingerprint density at radius 1 is 1.04 bits per heavy atom. The molecule has 126 valence electrons. The van der Waals surface area contributed by atoms with Crippen LogP contribution in [0.5, 0.6) is 0 Å². The van der Waals surface area contributed by atoms with Gasteiger partial charge in [-0.3, -0.25) is 9.59 Å². The molecular formula is C17H17NO5S. The largest absolute Gasteiger partial charge is 0.286 e. The highest BCUT2D eigenvalue weighted by molar-refractivity contribution is 7.85. The number of benzene rings is 2. The van der Waals surface area contributed by atoms with Crippen LogP contribution >= 0.6 is 0 Å². The average molecular weight is 347 g/mol. The van der Waals surface area contributed by atoms with E-state index in [1.165, 1.54) is 0 Å². The van der Waals surface area contributed by atoms with Gasteiger partial charge >= 0.3 is 0 Å². The first kappa shape index (κ1) is 16.6. The second kappa shape index (κ2) is 5.99. The van der Waals surface area contributed by atoms with Crippen molar-refractivity contribution in [3.05, 3.63) is 47.0 Å². The Morgan fingerprint density at radius 3 is 2.33 bits per heavy atom. The molecule has 2 amide bonds. The second-order valence-corrected chi connectivity index (χ2v) is 7.34. The minimum absolute atomic E-state index is 0.268. The van der Waals surface area contributed by atoms with Crippen molar-refractivity contribution in [2.75, 3.05) is 6.26 Å². The van der Waals surface area contributed by atoms with Gasteiger partial charge in [0.15, 0.2) is 0 Å². The number of aryl methyl sites for hydroxylation is 1. The van der Waals surface area contributed by atoms with Gasteiger partial charge in [-0.2, -0.15) is 8.42 Å². The lowest BCUT2D eigenvalue weighted by Crippen LogP contribution is -2.41. The molecule has 0 radical (unpaired) electrons. The number of amides is 2. The third-order valence-electron chi connectivity index (χ3n) is 3.97. The van der Waals surface area contributed by atoms with Gasteiger partial charge in [0.2, 0.25) is 0 Å². The van der Waals surface area contributed by atoms with E-state index in [2.05, 4.69) is 11.2 Å². The molecule has 6 nitrogen and oxygen atoms in total. The van der Waals surface area contributed by atoms with Crippen LogP contribution in [0.4, 0.5) is 0 Å². The molecular weight excluding hydrogens is 330 g/mol. The molecule has 3 rings (SSSR count). The summed E-state index contributed by atoms with van der Waals surface area (Å²) in [6, 6.07) is 8.65. The predicted molar refractivity (Wildman–Crippen MR) is 89.0 cm³/mol. The zero-order chi connectivity index (χ0) is 17.5. The summed E-state index contributed by atoms with van der Waals surface area (Å²) in [5, 5.41) is 1.73. The van der Waals surface area contributed by atoms with E-state index in [1.54, 1.807) is 18.2 Å². The van der Waals surface area contributed by atoms with E-state index in [-0.39, 0.29) is 11.1 Å². The maximum Gasteiger partial charge on any atom is 0.286 e. The molecule has 0 aromatic heterocycles. The lowest BCUT2D eigenvalue weighted by molar-refractivity contribution is -0.0149. The fourth-order valence-electron chi connectivity index (χ4n) is 2.92. The molecule has 7 heteroatoms.